The minimum absolute atomic E-state index is 0.411. The molecule has 0 fully saturated rings. The average Bonchev–Trinajstić information content (AvgIpc) is 2.43. The topological polar surface area (TPSA) is 143 Å². The number of carboxylic acid groups (broad SMARTS) is 2. The van der Waals surface area contributed by atoms with E-state index in [-0.39, 0.29) is 0 Å². The Kier molecular flexibility index (Phi) is 3.52. The number of hydrogen-bond donors (Lipinski definition) is 2. The molecular weight excluding hydrogens is 296 g/mol. The molecule has 0 radical (unpaired) electrons. The smallest absolute Gasteiger partial charge is 0.336 e. The van der Waals surface area contributed by atoms with E-state index >= 15 is 0 Å². The molecule has 22 heavy (non-hydrogen) atoms. The van der Waals surface area contributed by atoms with Crippen molar-refractivity contribution in [2.45, 2.75) is 0 Å². The van der Waals surface area contributed by atoms with E-state index < -0.39 is 57.4 Å². The number of hydrogen-bond acceptors (Lipinski definition) is 6. The van der Waals surface area contributed by atoms with Gasteiger partial charge in [-0.25, -0.2) is 9.59 Å². The van der Waals surface area contributed by atoms with Crippen molar-refractivity contribution in [3.8, 4) is 0 Å². The lowest BCUT2D eigenvalue weighted by atomic mass is 9.83. The Labute approximate surface area is 121 Å². The Hall–Kier alpha value is -3.42. The summed E-state index contributed by atoms with van der Waals surface area (Å²) in [5, 5.41) is 18.1. The van der Waals surface area contributed by atoms with Crippen molar-refractivity contribution in [3.63, 3.8) is 0 Å². The first kappa shape index (κ1) is 15.0. The number of allylic oxidation sites excluding steroid dienone is 4. The third-order valence-electron chi connectivity index (χ3n) is 2.92. The molecule has 0 amide bonds. The Morgan fingerprint density at radius 1 is 0.591 bits per heavy atom. The van der Waals surface area contributed by atoms with E-state index in [0.29, 0.717) is 24.3 Å². The molecule has 0 spiro atoms. The van der Waals surface area contributed by atoms with Crippen LogP contribution in [0.1, 0.15) is 0 Å². The molecule has 8 heteroatoms. The molecule has 0 saturated heterocycles. The van der Waals surface area contributed by atoms with E-state index in [1.807, 2.05) is 0 Å². The predicted molar refractivity (Wildman–Crippen MR) is 67.6 cm³/mol. The molecule has 0 aromatic carbocycles. The molecule has 2 aliphatic carbocycles. The van der Waals surface area contributed by atoms with Crippen LogP contribution < -0.4 is 0 Å². The highest BCUT2D eigenvalue weighted by atomic mass is 16.4. The lowest BCUT2D eigenvalue weighted by molar-refractivity contribution is -0.134. The van der Waals surface area contributed by atoms with Crippen LogP contribution >= 0.6 is 0 Å². The van der Waals surface area contributed by atoms with E-state index in [1.165, 1.54) is 0 Å². The van der Waals surface area contributed by atoms with Gasteiger partial charge in [-0.1, -0.05) is 0 Å². The monoisotopic (exact) mass is 302 g/mol. The maximum Gasteiger partial charge on any atom is 0.336 e. The molecule has 2 aliphatic rings. The summed E-state index contributed by atoms with van der Waals surface area (Å²) in [5.74, 6) is -7.45. The van der Waals surface area contributed by atoms with Crippen LogP contribution in [0.2, 0.25) is 0 Å². The maximum atomic E-state index is 11.4. The van der Waals surface area contributed by atoms with E-state index in [4.69, 9.17) is 10.2 Å². The number of carboxylic acids is 2. The second kappa shape index (κ2) is 5.17. The fourth-order valence-corrected chi connectivity index (χ4v) is 1.92. The lowest BCUT2D eigenvalue weighted by Gasteiger charge is -2.17. The maximum absolute atomic E-state index is 11.4. The molecule has 0 aromatic rings. The zero-order chi connectivity index (χ0) is 16.6. The van der Waals surface area contributed by atoms with Crippen molar-refractivity contribution >= 4 is 35.1 Å². The zero-order valence-corrected chi connectivity index (χ0v) is 10.7. The first-order valence-corrected chi connectivity index (χ1v) is 5.73. The van der Waals surface area contributed by atoms with E-state index in [2.05, 4.69) is 0 Å². The van der Waals surface area contributed by atoms with Gasteiger partial charge in [-0.3, -0.25) is 19.2 Å². The van der Waals surface area contributed by atoms with Crippen LogP contribution in [0.4, 0.5) is 0 Å². The lowest BCUT2D eigenvalue weighted by Crippen LogP contribution is -2.24. The fourth-order valence-electron chi connectivity index (χ4n) is 1.92. The summed E-state index contributed by atoms with van der Waals surface area (Å²) in [4.78, 5) is 67.7. The molecule has 0 aromatic heterocycles. The minimum Gasteiger partial charge on any atom is -0.478 e. The third kappa shape index (κ3) is 2.44. The molecule has 2 rings (SSSR count). The second-order valence-corrected chi connectivity index (χ2v) is 4.30. The average molecular weight is 302 g/mol. The van der Waals surface area contributed by atoms with Crippen molar-refractivity contribution in [2.24, 2.45) is 0 Å². The van der Waals surface area contributed by atoms with Gasteiger partial charge in [0, 0.05) is 23.3 Å². The molecular formula is C14H6O8. The van der Waals surface area contributed by atoms with Gasteiger partial charge in [0.15, 0.2) is 0 Å². The molecule has 110 valence electrons. The number of aliphatic carboxylic acids is 2. The number of rotatable bonds is 3. The van der Waals surface area contributed by atoms with Gasteiger partial charge in [-0.15, -0.1) is 0 Å². The van der Waals surface area contributed by atoms with Crippen LogP contribution in [0.5, 0.6) is 0 Å². The highest BCUT2D eigenvalue weighted by molar-refractivity contribution is 6.49. The summed E-state index contributed by atoms with van der Waals surface area (Å²) >= 11 is 0. The van der Waals surface area contributed by atoms with Crippen molar-refractivity contribution < 1.29 is 39.0 Å². The van der Waals surface area contributed by atoms with Gasteiger partial charge in [0.1, 0.15) is 0 Å². The predicted octanol–water partition coefficient (Wildman–Crippen LogP) is -0.835. The number of carbonyl (C=O) groups excluding carboxylic acids is 4. The normalized spacial score (nSPS) is 18.4. The van der Waals surface area contributed by atoms with Gasteiger partial charge in [0.25, 0.3) is 0 Å². The van der Waals surface area contributed by atoms with Gasteiger partial charge in [0.05, 0.1) is 11.1 Å². The zero-order valence-electron chi connectivity index (χ0n) is 10.7. The van der Waals surface area contributed by atoms with Crippen molar-refractivity contribution in [1.29, 1.82) is 0 Å². The Morgan fingerprint density at radius 2 is 0.864 bits per heavy atom. The highest BCUT2D eigenvalue weighted by Crippen LogP contribution is 2.30. The van der Waals surface area contributed by atoms with Crippen LogP contribution in [0.3, 0.4) is 0 Å². The molecule has 8 nitrogen and oxygen atoms in total. The molecule has 0 aliphatic heterocycles. The van der Waals surface area contributed by atoms with Crippen molar-refractivity contribution in [2.75, 3.05) is 0 Å². The molecule has 0 atom stereocenters. The third-order valence-corrected chi connectivity index (χ3v) is 2.92. The van der Waals surface area contributed by atoms with Gasteiger partial charge < -0.3 is 10.2 Å². The summed E-state index contributed by atoms with van der Waals surface area (Å²) in [6, 6.07) is 0. The van der Waals surface area contributed by atoms with Crippen LogP contribution in [0.15, 0.2) is 46.6 Å². The number of carbonyl (C=O) groups is 6. The molecule has 0 bridgehead atoms. The molecule has 0 unspecified atom stereocenters. The molecule has 0 heterocycles. The largest absolute Gasteiger partial charge is 0.478 e. The van der Waals surface area contributed by atoms with E-state index in [0.717, 1.165) is 0 Å². The minimum atomic E-state index is -1.58. The number of ketones is 4. The quantitative estimate of drug-likeness (QED) is 0.507. The van der Waals surface area contributed by atoms with E-state index in [1.54, 1.807) is 0 Å². The Balaban J connectivity index is 2.66. The summed E-state index contributed by atoms with van der Waals surface area (Å²) in [6.45, 7) is 0. The van der Waals surface area contributed by atoms with Gasteiger partial charge in [-0.05, 0) is 12.2 Å². The van der Waals surface area contributed by atoms with Crippen LogP contribution in [0.25, 0.3) is 0 Å². The Morgan fingerprint density at radius 3 is 1.14 bits per heavy atom. The fraction of sp³-hybridized carbons (Fsp3) is 0. The first-order chi connectivity index (χ1) is 10.2. The van der Waals surface area contributed by atoms with Crippen LogP contribution in [-0.2, 0) is 28.8 Å². The highest BCUT2D eigenvalue weighted by Gasteiger charge is 2.33. The summed E-state index contributed by atoms with van der Waals surface area (Å²) in [6.07, 6.45) is 2.36. The molecule has 0 saturated carbocycles. The van der Waals surface area contributed by atoms with Gasteiger partial charge in [-0.2, -0.15) is 0 Å². The van der Waals surface area contributed by atoms with Crippen LogP contribution in [-0.4, -0.2) is 45.3 Å². The van der Waals surface area contributed by atoms with Crippen molar-refractivity contribution in [3.05, 3.63) is 46.6 Å². The summed E-state index contributed by atoms with van der Waals surface area (Å²) in [7, 11) is 0. The standard InChI is InChI=1S/C14H6O8/c15-9-1-5(7(13(19)20)3-11(9)17)6-2-10(16)12(18)4-8(6)14(21)22/h1-4H,(H,19,20)(H,21,22). The summed E-state index contributed by atoms with van der Waals surface area (Å²) in [5.41, 5.74) is -2.09. The first-order valence-electron chi connectivity index (χ1n) is 5.73. The SMILES string of the molecule is O=C(O)C1=CC(=O)C(=O)C=C1C1=CC(=O)C(=O)C=C1C(=O)O. The van der Waals surface area contributed by atoms with Gasteiger partial charge in [0.2, 0.25) is 23.1 Å². The van der Waals surface area contributed by atoms with E-state index in [9.17, 15) is 28.8 Å². The second-order valence-electron chi connectivity index (χ2n) is 4.30. The van der Waals surface area contributed by atoms with Gasteiger partial charge >= 0.3 is 11.9 Å². The van der Waals surface area contributed by atoms with Crippen molar-refractivity contribution in [1.82, 2.24) is 0 Å². The molecule has 2 N–H and O–H groups in total. The summed E-state index contributed by atoms with van der Waals surface area (Å²) < 4.78 is 0. The Bertz CT molecular complexity index is 733. The van der Waals surface area contributed by atoms with Crippen LogP contribution in [0, 0.1) is 0 Å².